The predicted molar refractivity (Wildman–Crippen MR) is 106 cm³/mol. The maximum absolute atomic E-state index is 13.0. The summed E-state index contributed by atoms with van der Waals surface area (Å²) in [6, 6.07) is 15.7. The Kier molecular flexibility index (Phi) is 4.82. The zero-order valence-corrected chi connectivity index (χ0v) is 15.8. The zero-order chi connectivity index (χ0) is 18.0. The van der Waals surface area contributed by atoms with Gasteiger partial charge in [0.1, 0.15) is 0 Å². The lowest BCUT2D eigenvalue weighted by Gasteiger charge is -2.21. The fraction of sp³-hybridized carbons (Fsp3) is 0.238. The topological polar surface area (TPSA) is 42.0 Å². The number of anilines is 1. The number of rotatable bonds is 3. The van der Waals surface area contributed by atoms with Crippen molar-refractivity contribution in [3.63, 3.8) is 0 Å². The number of benzene rings is 2. The van der Waals surface area contributed by atoms with E-state index in [0.29, 0.717) is 0 Å². The number of carbonyl (C=O) groups is 1. The largest absolute Gasteiger partial charge is 0.320 e. The highest BCUT2D eigenvalue weighted by Gasteiger charge is 2.20. The van der Waals surface area contributed by atoms with Gasteiger partial charge >= 0.3 is 0 Å². The first kappa shape index (κ1) is 17.5. The van der Waals surface area contributed by atoms with Crippen molar-refractivity contribution in [1.29, 1.82) is 0 Å². The van der Waals surface area contributed by atoms with Crippen LogP contribution in [0.1, 0.15) is 36.7 Å². The van der Waals surface area contributed by atoms with Gasteiger partial charge in [-0.05, 0) is 30.7 Å². The second-order valence-corrected chi connectivity index (χ2v) is 8.87. The van der Waals surface area contributed by atoms with Crippen molar-refractivity contribution in [3.05, 3.63) is 65.9 Å². The number of nitrogens with one attached hydrogen (secondary N) is 1. The summed E-state index contributed by atoms with van der Waals surface area (Å²) >= 11 is 1.71. The van der Waals surface area contributed by atoms with Crippen LogP contribution in [0.3, 0.4) is 0 Å². The molecule has 3 rings (SSSR count). The van der Waals surface area contributed by atoms with Crippen LogP contribution in [-0.2, 0) is 0 Å². The Bertz CT molecular complexity index is 923. The number of carbonyl (C=O) groups excluding carboxylic acids is 1. The van der Waals surface area contributed by atoms with Crippen molar-refractivity contribution in [1.82, 2.24) is 4.98 Å². The van der Waals surface area contributed by atoms with Gasteiger partial charge in [-0.25, -0.2) is 0 Å². The highest BCUT2D eigenvalue weighted by molar-refractivity contribution is 8.00. The van der Waals surface area contributed by atoms with Gasteiger partial charge in [-0.15, -0.1) is 11.8 Å². The highest BCUT2D eigenvalue weighted by atomic mass is 32.2. The lowest BCUT2D eigenvalue weighted by Crippen LogP contribution is -2.17. The Morgan fingerprint density at radius 2 is 1.76 bits per heavy atom. The van der Waals surface area contributed by atoms with Crippen LogP contribution in [0.2, 0.25) is 0 Å². The minimum atomic E-state index is -0.0944. The van der Waals surface area contributed by atoms with Gasteiger partial charge in [-0.2, -0.15) is 0 Å². The van der Waals surface area contributed by atoms with E-state index >= 15 is 0 Å². The molecule has 0 aliphatic heterocycles. The number of pyridine rings is 1. The number of fused-ring (bicyclic) bond motifs is 1. The van der Waals surface area contributed by atoms with Crippen LogP contribution in [0.5, 0.6) is 0 Å². The molecule has 1 amide bonds. The van der Waals surface area contributed by atoms with Gasteiger partial charge in [0.15, 0.2) is 0 Å². The number of nitrogens with zero attached hydrogens (tertiary/aromatic N) is 1. The van der Waals surface area contributed by atoms with Crippen molar-refractivity contribution in [2.24, 2.45) is 0 Å². The lowest BCUT2D eigenvalue weighted by molar-refractivity contribution is 0.102. The Hall–Kier alpha value is -2.33. The van der Waals surface area contributed by atoms with Crippen LogP contribution >= 0.6 is 11.8 Å². The first-order chi connectivity index (χ1) is 11.8. The molecule has 1 N–H and O–H groups in total. The van der Waals surface area contributed by atoms with E-state index in [4.69, 9.17) is 0 Å². The van der Waals surface area contributed by atoms with E-state index in [1.807, 2.05) is 55.5 Å². The van der Waals surface area contributed by atoms with Crippen molar-refractivity contribution in [2.45, 2.75) is 37.3 Å². The van der Waals surface area contributed by atoms with Crippen molar-refractivity contribution in [2.75, 3.05) is 5.32 Å². The van der Waals surface area contributed by atoms with E-state index in [1.54, 1.807) is 18.0 Å². The van der Waals surface area contributed by atoms with Crippen LogP contribution in [0, 0.1) is 6.92 Å². The molecule has 0 saturated carbocycles. The summed E-state index contributed by atoms with van der Waals surface area (Å²) in [6.45, 7) is 8.42. The highest BCUT2D eigenvalue weighted by Crippen LogP contribution is 2.35. The zero-order valence-electron chi connectivity index (χ0n) is 15.0. The van der Waals surface area contributed by atoms with Crippen LogP contribution in [0.15, 0.2) is 59.6 Å². The van der Waals surface area contributed by atoms with Gasteiger partial charge < -0.3 is 5.32 Å². The number of hydrogen-bond donors (Lipinski definition) is 1. The molecule has 1 aromatic heterocycles. The van der Waals surface area contributed by atoms with Gasteiger partial charge in [-0.3, -0.25) is 9.78 Å². The summed E-state index contributed by atoms with van der Waals surface area (Å²) in [4.78, 5) is 18.4. The summed E-state index contributed by atoms with van der Waals surface area (Å²) in [7, 11) is 0. The van der Waals surface area contributed by atoms with E-state index in [0.717, 1.165) is 32.6 Å². The average Bonchev–Trinajstić information content (AvgIpc) is 2.53. The Balaban J connectivity index is 1.99. The van der Waals surface area contributed by atoms with Crippen LogP contribution in [-0.4, -0.2) is 15.6 Å². The molecule has 3 aromatic rings. The molecular formula is C21H22N2OS. The second kappa shape index (κ2) is 6.89. The third-order valence-corrected chi connectivity index (χ3v) is 4.93. The van der Waals surface area contributed by atoms with Crippen LogP contribution < -0.4 is 5.32 Å². The van der Waals surface area contributed by atoms with Gasteiger partial charge in [0.2, 0.25) is 0 Å². The smallest absolute Gasteiger partial charge is 0.257 e. The summed E-state index contributed by atoms with van der Waals surface area (Å²) in [6.07, 6.45) is 1.74. The molecule has 0 bridgehead atoms. The van der Waals surface area contributed by atoms with Crippen LogP contribution in [0.4, 0.5) is 5.69 Å². The van der Waals surface area contributed by atoms with E-state index < -0.39 is 0 Å². The van der Waals surface area contributed by atoms with Crippen molar-refractivity contribution in [3.8, 4) is 0 Å². The number of thioether (sulfide) groups is 1. The fourth-order valence-corrected chi connectivity index (χ4v) is 3.90. The molecule has 1 heterocycles. The Morgan fingerprint density at radius 3 is 2.52 bits per heavy atom. The minimum absolute atomic E-state index is 0.0316. The normalized spacial score (nSPS) is 11.5. The number of aromatic nitrogens is 1. The van der Waals surface area contributed by atoms with Crippen LogP contribution in [0.25, 0.3) is 10.9 Å². The third-order valence-electron chi connectivity index (χ3n) is 3.76. The fourth-order valence-electron chi connectivity index (χ4n) is 2.74. The van der Waals surface area contributed by atoms with E-state index in [9.17, 15) is 4.79 Å². The van der Waals surface area contributed by atoms with Crippen molar-refractivity contribution >= 4 is 34.3 Å². The molecule has 0 fully saturated rings. The maximum Gasteiger partial charge on any atom is 0.257 e. The molecule has 0 atom stereocenters. The molecule has 0 spiro atoms. The van der Waals surface area contributed by atoms with E-state index in [1.165, 1.54) is 0 Å². The first-order valence-corrected chi connectivity index (χ1v) is 9.10. The molecule has 0 unspecified atom stereocenters. The third kappa shape index (κ3) is 4.02. The SMILES string of the molecule is Cc1cccc(SC(C)(C)C)c1C(=O)Nc1cccc2cccnc12. The molecule has 2 aromatic carbocycles. The number of amides is 1. The second-order valence-electron chi connectivity index (χ2n) is 7.00. The summed E-state index contributed by atoms with van der Waals surface area (Å²) < 4.78 is 0.0316. The number of para-hydroxylation sites is 1. The first-order valence-electron chi connectivity index (χ1n) is 8.29. The summed E-state index contributed by atoms with van der Waals surface area (Å²) in [5.74, 6) is -0.0944. The number of aryl methyl sites for hydroxylation is 1. The van der Waals surface area contributed by atoms with E-state index in [-0.39, 0.29) is 10.7 Å². The lowest BCUT2D eigenvalue weighted by atomic mass is 10.1. The summed E-state index contributed by atoms with van der Waals surface area (Å²) in [5, 5.41) is 4.06. The molecule has 128 valence electrons. The monoisotopic (exact) mass is 350 g/mol. The molecular weight excluding hydrogens is 328 g/mol. The molecule has 0 radical (unpaired) electrons. The number of hydrogen-bond acceptors (Lipinski definition) is 3. The molecule has 0 aliphatic rings. The molecule has 25 heavy (non-hydrogen) atoms. The Labute approximate surface area is 152 Å². The van der Waals surface area contributed by atoms with E-state index in [2.05, 4.69) is 31.1 Å². The van der Waals surface area contributed by atoms with Gasteiger partial charge in [0.05, 0.1) is 16.8 Å². The van der Waals surface area contributed by atoms with Gasteiger partial charge in [0.25, 0.3) is 5.91 Å². The molecule has 0 aliphatic carbocycles. The minimum Gasteiger partial charge on any atom is -0.320 e. The van der Waals surface area contributed by atoms with Gasteiger partial charge in [0, 0.05) is 21.2 Å². The maximum atomic E-state index is 13.0. The quantitative estimate of drug-likeness (QED) is 0.617. The predicted octanol–water partition coefficient (Wildman–Crippen LogP) is 5.69. The molecule has 3 nitrogen and oxygen atoms in total. The Morgan fingerprint density at radius 1 is 1.04 bits per heavy atom. The van der Waals surface area contributed by atoms with Gasteiger partial charge in [-0.1, -0.05) is 51.1 Å². The molecule has 0 saturated heterocycles. The average molecular weight is 350 g/mol. The van der Waals surface area contributed by atoms with Crippen molar-refractivity contribution < 1.29 is 4.79 Å². The standard InChI is InChI=1S/C21H22N2OS/c1-14-8-5-12-17(25-21(2,3)4)18(14)20(24)23-16-11-6-9-15-10-7-13-22-19(15)16/h5-13H,1-4H3,(H,23,24). The summed E-state index contributed by atoms with van der Waals surface area (Å²) in [5.41, 5.74) is 3.24. The molecule has 4 heteroatoms.